The molecule has 0 amide bonds. The number of nitrogen functional groups attached to an aromatic ring is 1. The average Bonchev–Trinajstić information content (AvgIpc) is 2.29. The minimum atomic E-state index is -1.24. The molecule has 3 N–H and O–H groups in total. The first kappa shape index (κ1) is 13.8. The van der Waals surface area contributed by atoms with E-state index in [0.29, 0.717) is 6.61 Å². The second kappa shape index (κ2) is 5.90. The smallest absolute Gasteiger partial charge is 0.344 e. The van der Waals surface area contributed by atoms with E-state index in [0.717, 1.165) is 0 Å². The minimum Gasteiger partial charge on any atom is -0.493 e. The molecule has 0 radical (unpaired) electrons. The van der Waals surface area contributed by atoms with Crippen LogP contribution in [0.5, 0.6) is 5.75 Å². The van der Waals surface area contributed by atoms with Gasteiger partial charge in [-0.1, -0.05) is 6.07 Å². The highest BCUT2D eigenvalue weighted by Gasteiger charge is 2.22. The van der Waals surface area contributed by atoms with Gasteiger partial charge in [-0.25, -0.2) is 9.59 Å². The van der Waals surface area contributed by atoms with E-state index in [4.69, 9.17) is 20.3 Å². The summed E-state index contributed by atoms with van der Waals surface area (Å²) >= 11 is 0. The lowest BCUT2D eigenvalue weighted by Gasteiger charge is -2.13. The topological polar surface area (TPSA) is 98.9 Å². The van der Waals surface area contributed by atoms with E-state index in [-0.39, 0.29) is 17.0 Å². The van der Waals surface area contributed by atoms with E-state index < -0.39 is 18.0 Å². The summed E-state index contributed by atoms with van der Waals surface area (Å²) < 4.78 is 10.0. The van der Waals surface area contributed by atoms with Crippen molar-refractivity contribution in [2.24, 2.45) is 0 Å². The molecule has 6 heteroatoms. The molecule has 0 saturated heterocycles. The lowest BCUT2D eigenvalue weighted by Crippen LogP contribution is -2.24. The van der Waals surface area contributed by atoms with Crippen LogP contribution in [-0.4, -0.2) is 29.8 Å². The van der Waals surface area contributed by atoms with Crippen molar-refractivity contribution in [1.29, 1.82) is 0 Å². The highest BCUT2D eigenvalue weighted by Crippen LogP contribution is 2.25. The van der Waals surface area contributed by atoms with Gasteiger partial charge < -0.3 is 20.3 Å². The minimum absolute atomic E-state index is 0.0486. The van der Waals surface area contributed by atoms with Crippen LogP contribution in [0.1, 0.15) is 24.2 Å². The predicted molar refractivity (Wildman–Crippen MR) is 64.5 cm³/mol. The van der Waals surface area contributed by atoms with E-state index in [2.05, 4.69) is 0 Å². The largest absolute Gasteiger partial charge is 0.493 e. The molecule has 0 spiro atoms. The number of rotatable bonds is 5. The van der Waals surface area contributed by atoms with Crippen molar-refractivity contribution >= 4 is 17.6 Å². The van der Waals surface area contributed by atoms with E-state index in [1.54, 1.807) is 19.1 Å². The molecule has 1 unspecified atom stereocenters. The van der Waals surface area contributed by atoms with Crippen molar-refractivity contribution in [3.8, 4) is 5.75 Å². The number of carbonyl (C=O) groups is 2. The monoisotopic (exact) mass is 253 g/mol. The van der Waals surface area contributed by atoms with Crippen molar-refractivity contribution < 1.29 is 24.2 Å². The molecule has 1 atom stereocenters. The van der Waals surface area contributed by atoms with Gasteiger partial charge in [0, 0.05) is 5.69 Å². The van der Waals surface area contributed by atoms with Gasteiger partial charge in [0.05, 0.1) is 6.61 Å². The molecular formula is C12H15NO5. The Morgan fingerprint density at radius 2 is 2.11 bits per heavy atom. The molecular weight excluding hydrogens is 238 g/mol. The van der Waals surface area contributed by atoms with Crippen LogP contribution in [0.15, 0.2) is 18.2 Å². The molecule has 0 heterocycles. The second-order valence-electron chi connectivity index (χ2n) is 3.54. The molecule has 1 rings (SSSR count). The predicted octanol–water partition coefficient (Wildman–Crippen LogP) is 1.30. The van der Waals surface area contributed by atoms with Gasteiger partial charge in [0.25, 0.3) is 0 Å². The molecule has 0 fully saturated rings. The zero-order valence-electron chi connectivity index (χ0n) is 10.2. The SMILES string of the molecule is CCOc1cccc(N)c1C(=O)OC(C)C(=O)O. The maximum atomic E-state index is 11.8. The number of aliphatic carboxylic acids is 1. The first-order chi connectivity index (χ1) is 8.47. The Balaban J connectivity index is 3.00. The van der Waals surface area contributed by atoms with Gasteiger partial charge >= 0.3 is 11.9 Å². The third kappa shape index (κ3) is 3.13. The number of anilines is 1. The molecule has 0 aliphatic rings. The van der Waals surface area contributed by atoms with E-state index in [1.165, 1.54) is 13.0 Å². The maximum Gasteiger partial charge on any atom is 0.344 e. The van der Waals surface area contributed by atoms with Gasteiger partial charge in [0.15, 0.2) is 6.10 Å². The zero-order chi connectivity index (χ0) is 13.7. The summed E-state index contributed by atoms with van der Waals surface area (Å²) in [4.78, 5) is 22.5. The second-order valence-corrected chi connectivity index (χ2v) is 3.54. The van der Waals surface area contributed by atoms with Gasteiger partial charge in [0.2, 0.25) is 0 Å². The van der Waals surface area contributed by atoms with E-state index >= 15 is 0 Å². The molecule has 0 aliphatic heterocycles. The fourth-order valence-corrected chi connectivity index (χ4v) is 1.31. The highest BCUT2D eigenvalue weighted by molar-refractivity contribution is 5.99. The number of esters is 1. The van der Waals surface area contributed by atoms with Gasteiger partial charge in [-0.15, -0.1) is 0 Å². The Hall–Kier alpha value is -2.24. The Kier molecular flexibility index (Phi) is 4.53. The maximum absolute atomic E-state index is 11.8. The standard InChI is InChI=1S/C12H15NO5/c1-3-17-9-6-4-5-8(13)10(9)12(16)18-7(2)11(14)15/h4-7H,3,13H2,1-2H3,(H,14,15). The molecule has 0 aromatic heterocycles. The number of carboxylic acids is 1. The number of carboxylic acid groups (broad SMARTS) is 1. The van der Waals surface area contributed by atoms with Gasteiger partial charge in [-0.2, -0.15) is 0 Å². The van der Waals surface area contributed by atoms with Crippen molar-refractivity contribution in [2.45, 2.75) is 20.0 Å². The first-order valence-corrected chi connectivity index (χ1v) is 5.42. The Bertz CT molecular complexity index is 458. The number of benzene rings is 1. The molecule has 1 aromatic rings. The van der Waals surface area contributed by atoms with Crippen molar-refractivity contribution in [3.05, 3.63) is 23.8 Å². The van der Waals surface area contributed by atoms with Gasteiger partial charge in [-0.05, 0) is 26.0 Å². The number of hydrogen-bond donors (Lipinski definition) is 2. The lowest BCUT2D eigenvalue weighted by atomic mass is 10.1. The van der Waals surface area contributed by atoms with E-state index in [1.807, 2.05) is 0 Å². The van der Waals surface area contributed by atoms with Crippen molar-refractivity contribution in [2.75, 3.05) is 12.3 Å². The summed E-state index contributed by atoms with van der Waals surface area (Å²) in [5.74, 6) is -1.76. The Morgan fingerprint density at radius 1 is 1.44 bits per heavy atom. The molecule has 1 aromatic carbocycles. The molecule has 18 heavy (non-hydrogen) atoms. The number of carbonyl (C=O) groups excluding carboxylic acids is 1. The lowest BCUT2D eigenvalue weighted by molar-refractivity contribution is -0.146. The third-order valence-electron chi connectivity index (χ3n) is 2.19. The summed E-state index contributed by atoms with van der Waals surface area (Å²) in [6.45, 7) is 3.39. The molecule has 0 saturated carbocycles. The molecule has 0 bridgehead atoms. The Morgan fingerprint density at radius 3 is 2.67 bits per heavy atom. The first-order valence-electron chi connectivity index (χ1n) is 5.42. The fourth-order valence-electron chi connectivity index (χ4n) is 1.31. The third-order valence-corrected chi connectivity index (χ3v) is 2.19. The molecule has 6 nitrogen and oxygen atoms in total. The van der Waals surface area contributed by atoms with Gasteiger partial charge in [0.1, 0.15) is 11.3 Å². The van der Waals surface area contributed by atoms with Crippen LogP contribution in [-0.2, 0) is 9.53 Å². The summed E-state index contributed by atoms with van der Waals surface area (Å²) in [6.07, 6.45) is -1.24. The van der Waals surface area contributed by atoms with Crippen LogP contribution in [0.2, 0.25) is 0 Å². The van der Waals surface area contributed by atoms with Crippen LogP contribution < -0.4 is 10.5 Å². The highest BCUT2D eigenvalue weighted by atomic mass is 16.6. The quantitative estimate of drug-likeness (QED) is 0.606. The number of nitrogens with two attached hydrogens (primary N) is 1. The Labute approximate surface area is 104 Å². The van der Waals surface area contributed by atoms with Crippen LogP contribution in [0.4, 0.5) is 5.69 Å². The van der Waals surface area contributed by atoms with Crippen LogP contribution >= 0.6 is 0 Å². The van der Waals surface area contributed by atoms with Crippen LogP contribution in [0.25, 0.3) is 0 Å². The van der Waals surface area contributed by atoms with Crippen LogP contribution in [0, 0.1) is 0 Å². The summed E-state index contributed by atoms with van der Waals surface area (Å²) in [5.41, 5.74) is 5.91. The summed E-state index contributed by atoms with van der Waals surface area (Å²) in [7, 11) is 0. The normalized spacial score (nSPS) is 11.7. The van der Waals surface area contributed by atoms with Crippen molar-refractivity contribution in [1.82, 2.24) is 0 Å². The van der Waals surface area contributed by atoms with Gasteiger partial charge in [-0.3, -0.25) is 0 Å². The molecule has 98 valence electrons. The fraction of sp³-hybridized carbons (Fsp3) is 0.333. The zero-order valence-corrected chi connectivity index (χ0v) is 10.2. The molecule has 0 aliphatic carbocycles. The average molecular weight is 253 g/mol. The number of hydrogen-bond acceptors (Lipinski definition) is 5. The van der Waals surface area contributed by atoms with E-state index in [9.17, 15) is 9.59 Å². The summed E-state index contributed by atoms with van der Waals surface area (Å²) in [6, 6.07) is 4.73. The van der Waals surface area contributed by atoms with Crippen LogP contribution in [0.3, 0.4) is 0 Å². The van der Waals surface area contributed by atoms with Crippen molar-refractivity contribution in [3.63, 3.8) is 0 Å². The number of ether oxygens (including phenoxy) is 2. The summed E-state index contributed by atoms with van der Waals surface area (Å²) in [5, 5.41) is 8.68.